The number of hydrogen-bond donors (Lipinski definition) is 1. The minimum Gasteiger partial charge on any atom is -0.307 e. The molecular formula is C18H27BrN4. The van der Waals surface area contributed by atoms with Gasteiger partial charge in [-0.3, -0.25) is 4.90 Å². The van der Waals surface area contributed by atoms with Crippen molar-refractivity contribution in [2.75, 3.05) is 20.1 Å². The summed E-state index contributed by atoms with van der Waals surface area (Å²) in [4.78, 5) is 10.9. The van der Waals surface area contributed by atoms with E-state index in [-0.39, 0.29) is 0 Å². The Kier molecular flexibility index (Phi) is 8.01. The van der Waals surface area contributed by atoms with Crippen LogP contribution < -0.4 is 5.32 Å². The number of rotatable bonds is 6. The third kappa shape index (κ3) is 6.99. The van der Waals surface area contributed by atoms with Crippen molar-refractivity contribution in [1.29, 1.82) is 0 Å². The van der Waals surface area contributed by atoms with Crippen molar-refractivity contribution in [3.8, 4) is 11.8 Å². The summed E-state index contributed by atoms with van der Waals surface area (Å²) in [7, 11) is 2.14. The average molecular weight is 379 g/mol. The highest BCUT2D eigenvalue weighted by Crippen LogP contribution is 2.23. The first-order valence-corrected chi connectivity index (χ1v) is 9.33. The maximum Gasteiger partial charge on any atom is 0.142 e. The van der Waals surface area contributed by atoms with Crippen molar-refractivity contribution in [3.05, 3.63) is 22.7 Å². The van der Waals surface area contributed by atoms with E-state index >= 15 is 0 Å². The minimum absolute atomic E-state index is 0.572. The van der Waals surface area contributed by atoms with Crippen LogP contribution in [0.1, 0.15) is 44.9 Å². The average Bonchev–Trinajstić information content (AvgIpc) is 2.56. The number of hydrogen-bond acceptors (Lipinski definition) is 4. The summed E-state index contributed by atoms with van der Waals surface area (Å²) >= 11 is 3.36. The van der Waals surface area contributed by atoms with Crippen LogP contribution in [0.2, 0.25) is 0 Å². The Labute approximate surface area is 148 Å². The monoisotopic (exact) mass is 378 g/mol. The van der Waals surface area contributed by atoms with Gasteiger partial charge in [-0.25, -0.2) is 9.97 Å². The van der Waals surface area contributed by atoms with Crippen LogP contribution >= 0.6 is 15.9 Å². The Morgan fingerprint density at radius 2 is 1.96 bits per heavy atom. The van der Waals surface area contributed by atoms with Gasteiger partial charge in [0.1, 0.15) is 5.82 Å². The third-order valence-electron chi connectivity index (χ3n) is 4.21. The van der Waals surface area contributed by atoms with Gasteiger partial charge >= 0.3 is 0 Å². The molecule has 0 saturated heterocycles. The van der Waals surface area contributed by atoms with Gasteiger partial charge < -0.3 is 5.32 Å². The molecule has 1 fully saturated rings. The van der Waals surface area contributed by atoms with Crippen molar-refractivity contribution < 1.29 is 0 Å². The number of aromatic nitrogens is 2. The molecule has 5 heteroatoms. The predicted octanol–water partition coefficient (Wildman–Crippen LogP) is 3.23. The normalized spacial score (nSPS) is 21.0. The molecule has 0 atom stereocenters. The summed E-state index contributed by atoms with van der Waals surface area (Å²) in [6.07, 6.45) is 9.57. The second-order valence-electron chi connectivity index (χ2n) is 6.31. The smallest absolute Gasteiger partial charge is 0.142 e. The van der Waals surface area contributed by atoms with E-state index in [0.717, 1.165) is 29.9 Å². The van der Waals surface area contributed by atoms with Crippen LogP contribution in [0.4, 0.5) is 0 Å². The lowest BCUT2D eigenvalue weighted by Crippen LogP contribution is -2.33. The van der Waals surface area contributed by atoms with Gasteiger partial charge in [0.2, 0.25) is 0 Å². The number of nitrogens with zero attached hydrogens (tertiary/aromatic N) is 3. The molecule has 0 spiro atoms. The molecule has 0 unspecified atom stereocenters. The highest BCUT2D eigenvalue weighted by atomic mass is 79.9. The van der Waals surface area contributed by atoms with E-state index < -0.39 is 0 Å². The highest BCUT2D eigenvalue weighted by Gasteiger charge is 2.19. The van der Waals surface area contributed by atoms with E-state index in [2.05, 4.69) is 61.9 Å². The fourth-order valence-corrected chi connectivity index (χ4v) is 3.10. The lowest BCUT2D eigenvalue weighted by Gasteiger charge is -2.26. The van der Waals surface area contributed by atoms with E-state index in [1.54, 1.807) is 12.4 Å². The second-order valence-corrected chi connectivity index (χ2v) is 7.22. The van der Waals surface area contributed by atoms with Crippen LogP contribution in [0, 0.1) is 17.8 Å². The van der Waals surface area contributed by atoms with Crippen molar-refractivity contribution in [2.45, 2.75) is 51.6 Å². The van der Waals surface area contributed by atoms with E-state index in [0.29, 0.717) is 12.0 Å². The Morgan fingerprint density at radius 1 is 1.26 bits per heavy atom. The second kappa shape index (κ2) is 10.0. The van der Waals surface area contributed by atoms with Crippen LogP contribution in [0.15, 0.2) is 16.9 Å². The highest BCUT2D eigenvalue weighted by molar-refractivity contribution is 9.10. The summed E-state index contributed by atoms with van der Waals surface area (Å²) in [6, 6.07) is 0.572. The number of nitrogens with one attached hydrogen (secondary N) is 1. The van der Waals surface area contributed by atoms with Gasteiger partial charge in [-0.15, -0.1) is 0 Å². The summed E-state index contributed by atoms with van der Waals surface area (Å²) < 4.78 is 0.921. The summed E-state index contributed by atoms with van der Waals surface area (Å²) in [6.45, 7) is 4.98. The van der Waals surface area contributed by atoms with E-state index in [1.165, 1.54) is 32.1 Å². The molecule has 1 N–H and O–H groups in total. The maximum absolute atomic E-state index is 4.30. The molecule has 0 radical (unpaired) electrons. The molecule has 1 aromatic heterocycles. The van der Waals surface area contributed by atoms with Gasteiger partial charge in [0.25, 0.3) is 0 Å². The molecule has 126 valence electrons. The van der Waals surface area contributed by atoms with Gasteiger partial charge in [0.15, 0.2) is 0 Å². The largest absolute Gasteiger partial charge is 0.307 e. The molecule has 0 amide bonds. The molecule has 0 bridgehead atoms. The maximum atomic E-state index is 4.30. The first-order chi connectivity index (χ1) is 11.2. The van der Waals surface area contributed by atoms with Gasteiger partial charge in [-0.2, -0.15) is 0 Å². The Morgan fingerprint density at radius 3 is 2.61 bits per heavy atom. The predicted molar refractivity (Wildman–Crippen MR) is 97.9 cm³/mol. The van der Waals surface area contributed by atoms with Crippen molar-refractivity contribution >= 4 is 15.9 Å². The fraction of sp³-hybridized carbons (Fsp3) is 0.667. The molecule has 0 aromatic carbocycles. The molecule has 0 aliphatic heterocycles. The van der Waals surface area contributed by atoms with Gasteiger partial charge in [0.05, 0.1) is 17.6 Å². The van der Waals surface area contributed by atoms with Gasteiger partial charge in [0, 0.05) is 24.4 Å². The quantitative estimate of drug-likeness (QED) is 0.771. The standard InChI is InChI=1S/C18H27BrN4/c1-3-10-23(2)11-4-5-15-6-8-17(9-7-15)20-14-18-21-12-16(19)13-22-18/h12-13,15,17,20H,3,6-11,14H2,1-2H3. The Balaban J connectivity index is 1.65. The minimum atomic E-state index is 0.572. The summed E-state index contributed by atoms with van der Waals surface area (Å²) in [5.74, 6) is 8.24. The molecule has 1 aromatic rings. The zero-order chi connectivity index (χ0) is 16.5. The van der Waals surface area contributed by atoms with Crippen molar-refractivity contribution in [2.24, 2.45) is 5.92 Å². The fourth-order valence-electron chi connectivity index (χ4n) is 2.89. The van der Waals surface area contributed by atoms with E-state index in [9.17, 15) is 0 Å². The molecular weight excluding hydrogens is 352 g/mol. The number of halogens is 1. The zero-order valence-corrected chi connectivity index (χ0v) is 15.8. The lowest BCUT2D eigenvalue weighted by molar-refractivity contribution is 0.330. The first-order valence-electron chi connectivity index (χ1n) is 8.54. The third-order valence-corrected chi connectivity index (χ3v) is 4.62. The summed E-state index contributed by atoms with van der Waals surface area (Å²) in [5.41, 5.74) is 0. The Hall–Kier alpha value is -0.960. The zero-order valence-electron chi connectivity index (χ0n) is 14.2. The molecule has 1 aliphatic carbocycles. The first kappa shape index (κ1) is 18.4. The lowest BCUT2D eigenvalue weighted by atomic mass is 9.86. The van der Waals surface area contributed by atoms with Crippen molar-refractivity contribution in [3.63, 3.8) is 0 Å². The van der Waals surface area contributed by atoms with Crippen LogP contribution in [0.5, 0.6) is 0 Å². The van der Waals surface area contributed by atoms with E-state index in [4.69, 9.17) is 0 Å². The topological polar surface area (TPSA) is 41.0 Å². The van der Waals surface area contributed by atoms with Gasteiger partial charge in [-0.1, -0.05) is 18.8 Å². The van der Waals surface area contributed by atoms with Crippen LogP contribution in [-0.2, 0) is 6.54 Å². The molecule has 1 aliphatic rings. The van der Waals surface area contributed by atoms with E-state index in [1.807, 2.05) is 0 Å². The van der Waals surface area contributed by atoms with Crippen LogP contribution in [-0.4, -0.2) is 41.0 Å². The molecule has 1 saturated carbocycles. The molecule has 2 rings (SSSR count). The van der Waals surface area contributed by atoms with Crippen LogP contribution in [0.25, 0.3) is 0 Å². The van der Waals surface area contributed by atoms with Crippen LogP contribution in [0.3, 0.4) is 0 Å². The SMILES string of the molecule is CCCN(C)CC#CC1CCC(NCc2ncc(Br)cn2)CC1. The summed E-state index contributed by atoms with van der Waals surface area (Å²) in [5, 5.41) is 3.57. The molecule has 4 nitrogen and oxygen atoms in total. The molecule has 1 heterocycles. The molecule has 23 heavy (non-hydrogen) atoms. The van der Waals surface area contributed by atoms with Crippen molar-refractivity contribution in [1.82, 2.24) is 20.2 Å². The Bertz CT molecular complexity index is 512. The van der Waals surface area contributed by atoms with Gasteiger partial charge in [-0.05, 0) is 61.6 Å².